The number of hydrogen-bond acceptors (Lipinski definition) is 1. The van der Waals surface area contributed by atoms with Gasteiger partial charge in [-0.1, -0.05) is 67.6 Å². The number of rotatable bonds is 0. The normalized spacial score (nSPS) is 19.4. The van der Waals surface area contributed by atoms with Gasteiger partial charge in [0, 0.05) is 11.5 Å². The van der Waals surface area contributed by atoms with E-state index in [9.17, 15) is 4.79 Å². The first-order valence-electron chi connectivity index (χ1n) is 6.17. The molecule has 1 aliphatic carbocycles. The summed E-state index contributed by atoms with van der Waals surface area (Å²) in [5.41, 5.74) is 4.06. The molecule has 1 nitrogen and oxygen atoms in total. The van der Waals surface area contributed by atoms with Crippen molar-refractivity contribution in [3.8, 4) is 0 Å². The molecule has 0 saturated heterocycles. The summed E-state index contributed by atoms with van der Waals surface area (Å²) in [5, 5.41) is 0. The van der Waals surface area contributed by atoms with Gasteiger partial charge in [-0.2, -0.15) is 0 Å². The van der Waals surface area contributed by atoms with Crippen molar-refractivity contribution in [1.82, 2.24) is 0 Å². The number of fused-ring (bicyclic) bond motifs is 2. The predicted octanol–water partition coefficient (Wildman–Crippen LogP) is 4.16. The maximum Gasteiger partial charge on any atom is 0.170 e. The molecule has 1 unspecified atom stereocenters. The number of carbonyl (C=O) groups is 1. The summed E-state index contributed by atoms with van der Waals surface area (Å²) in [6.07, 6.45) is 4.12. The van der Waals surface area contributed by atoms with E-state index in [1.165, 1.54) is 0 Å². The fraction of sp³-hybridized carbons (Fsp3) is 0.118. The molecule has 0 aliphatic heterocycles. The molecule has 0 spiro atoms. The fourth-order valence-electron chi connectivity index (χ4n) is 2.48. The smallest absolute Gasteiger partial charge is 0.170 e. The lowest BCUT2D eigenvalue weighted by Crippen LogP contribution is -2.13. The van der Waals surface area contributed by atoms with Gasteiger partial charge in [-0.25, -0.2) is 0 Å². The molecular formula is C17H14O. The van der Waals surface area contributed by atoms with E-state index in [0.29, 0.717) is 0 Å². The van der Waals surface area contributed by atoms with Gasteiger partial charge in [0.2, 0.25) is 0 Å². The highest BCUT2D eigenvalue weighted by Crippen LogP contribution is 2.29. The zero-order chi connectivity index (χ0) is 12.5. The van der Waals surface area contributed by atoms with Gasteiger partial charge >= 0.3 is 0 Å². The Hall–Kier alpha value is -2.15. The van der Waals surface area contributed by atoms with E-state index in [1.54, 1.807) is 0 Å². The third kappa shape index (κ3) is 1.68. The summed E-state index contributed by atoms with van der Waals surface area (Å²) in [7, 11) is 0. The largest absolute Gasteiger partial charge is 0.293 e. The Labute approximate surface area is 107 Å². The van der Waals surface area contributed by atoms with E-state index in [4.69, 9.17) is 0 Å². The summed E-state index contributed by atoms with van der Waals surface area (Å²) in [5.74, 6) is 0.106. The molecule has 0 bridgehead atoms. The van der Waals surface area contributed by atoms with E-state index in [1.807, 2.05) is 55.5 Å². The Morgan fingerprint density at radius 1 is 0.833 bits per heavy atom. The molecule has 2 aromatic carbocycles. The highest BCUT2D eigenvalue weighted by atomic mass is 16.1. The van der Waals surface area contributed by atoms with Gasteiger partial charge in [0.05, 0.1) is 0 Å². The molecular weight excluding hydrogens is 220 g/mol. The van der Waals surface area contributed by atoms with Gasteiger partial charge in [0.25, 0.3) is 0 Å². The van der Waals surface area contributed by atoms with Crippen LogP contribution in [0.15, 0.2) is 48.5 Å². The third-order valence-electron chi connectivity index (χ3n) is 3.52. The van der Waals surface area contributed by atoms with Crippen molar-refractivity contribution in [2.45, 2.75) is 12.8 Å². The van der Waals surface area contributed by atoms with Crippen LogP contribution in [-0.2, 0) is 0 Å². The average molecular weight is 234 g/mol. The molecule has 0 amide bonds. The van der Waals surface area contributed by atoms with E-state index < -0.39 is 0 Å². The van der Waals surface area contributed by atoms with Gasteiger partial charge in [-0.15, -0.1) is 0 Å². The molecule has 1 atom stereocenters. The van der Waals surface area contributed by atoms with Gasteiger partial charge in [0.1, 0.15) is 0 Å². The maximum atomic E-state index is 12.5. The van der Waals surface area contributed by atoms with Crippen molar-refractivity contribution < 1.29 is 4.79 Å². The second-order valence-electron chi connectivity index (χ2n) is 4.64. The van der Waals surface area contributed by atoms with Crippen LogP contribution in [0.4, 0.5) is 0 Å². The van der Waals surface area contributed by atoms with Crippen molar-refractivity contribution in [3.63, 3.8) is 0 Å². The summed E-state index contributed by atoms with van der Waals surface area (Å²) in [4.78, 5) is 12.5. The van der Waals surface area contributed by atoms with Gasteiger partial charge in [-0.05, 0) is 16.7 Å². The highest BCUT2D eigenvalue weighted by molar-refractivity contribution is 6.05. The summed E-state index contributed by atoms with van der Waals surface area (Å²) >= 11 is 0. The highest BCUT2D eigenvalue weighted by Gasteiger charge is 2.22. The number of carbonyl (C=O) groups excluding carboxylic acids is 1. The van der Waals surface area contributed by atoms with Crippen molar-refractivity contribution in [2.24, 2.45) is 0 Å². The van der Waals surface area contributed by atoms with Crippen LogP contribution in [0.25, 0.3) is 12.2 Å². The molecule has 3 rings (SSSR count). The molecule has 0 heterocycles. The first-order valence-corrected chi connectivity index (χ1v) is 6.17. The van der Waals surface area contributed by atoms with E-state index in [-0.39, 0.29) is 11.7 Å². The van der Waals surface area contributed by atoms with Crippen molar-refractivity contribution in [3.05, 3.63) is 70.8 Å². The minimum Gasteiger partial charge on any atom is -0.293 e. The Morgan fingerprint density at radius 3 is 2.28 bits per heavy atom. The second kappa shape index (κ2) is 4.26. The molecule has 0 radical (unpaired) electrons. The lowest BCUT2D eigenvalue weighted by molar-refractivity contribution is 0.0965. The van der Waals surface area contributed by atoms with Crippen LogP contribution >= 0.6 is 0 Å². The minimum atomic E-state index is -0.0905. The zero-order valence-electron chi connectivity index (χ0n) is 10.3. The Bertz CT molecular complexity index is 638. The molecule has 88 valence electrons. The second-order valence-corrected chi connectivity index (χ2v) is 4.64. The van der Waals surface area contributed by atoms with Crippen LogP contribution in [0.1, 0.15) is 39.9 Å². The Balaban J connectivity index is 2.25. The van der Waals surface area contributed by atoms with Gasteiger partial charge in [0.15, 0.2) is 5.78 Å². The molecule has 0 fully saturated rings. The van der Waals surface area contributed by atoms with E-state index in [2.05, 4.69) is 12.1 Å². The molecule has 2 aromatic rings. The third-order valence-corrected chi connectivity index (χ3v) is 3.52. The van der Waals surface area contributed by atoms with E-state index in [0.717, 1.165) is 22.3 Å². The molecule has 0 N–H and O–H groups in total. The molecule has 18 heavy (non-hydrogen) atoms. The molecule has 1 heteroatoms. The zero-order valence-corrected chi connectivity index (χ0v) is 10.3. The van der Waals surface area contributed by atoms with Crippen LogP contribution in [0, 0.1) is 0 Å². The van der Waals surface area contributed by atoms with Crippen LogP contribution in [0.5, 0.6) is 0 Å². The summed E-state index contributed by atoms with van der Waals surface area (Å²) < 4.78 is 0. The number of hydrogen-bond donors (Lipinski definition) is 0. The van der Waals surface area contributed by atoms with Crippen LogP contribution < -0.4 is 0 Å². The Kier molecular flexibility index (Phi) is 2.60. The minimum absolute atomic E-state index is 0.0905. The Morgan fingerprint density at radius 2 is 1.44 bits per heavy atom. The predicted molar refractivity (Wildman–Crippen MR) is 74.6 cm³/mol. The monoisotopic (exact) mass is 234 g/mol. The summed E-state index contributed by atoms with van der Waals surface area (Å²) in [6.45, 7) is 1.98. The number of ketones is 1. The van der Waals surface area contributed by atoms with Gasteiger partial charge < -0.3 is 0 Å². The van der Waals surface area contributed by atoms with Crippen LogP contribution in [0.2, 0.25) is 0 Å². The van der Waals surface area contributed by atoms with E-state index >= 15 is 0 Å². The first-order chi connectivity index (χ1) is 8.77. The van der Waals surface area contributed by atoms with Gasteiger partial charge in [-0.3, -0.25) is 4.79 Å². The number of Topliss-reactive ketones (excluding diaryl/α,β-unsaturated/α-hetero) is 1. The SMILES string of the molecule is CC1C(=O)c2ccccc2/C=C\c2ccccc21. The quantitative estimate of drug-likeness (QED) is 0.669. The fourth-order valence-corrected chi connectivity index (χ4v) is 2.48. The maximum absolute atomic E-state index is 12.5. The van der Waals surface area contributed by atoms with Crippen molar-refractivity contribution in [1.29, 1.82) is 0 Å². The number of benzene rings is 2. The van der Waals surface area contributed by atoms with Crippen LogP contribution in [0.3, 0.4) is 0 Å². The van der Waals surface area contributed by atoms with Crippen molar-refractivity contribution >= 4 is 17.9 Å². The standard InChI is InChI=1S/C17H14O/c1-12-15-8-4-2-6-13(15)10-11-14-7-3-5-9-16(14)17(12)18/h2-12H,1H3/b11-10-. The molecule has 0 aromatic heterocycles. The lowest BCUT2D eigenvalue weighted by atomic mass is 9.85. The van der Waals surface area contributed by atoms with Crippen molar-refractivity contribution in [2.75, 3.05) is 0 Å². The topological polar surface area (TPSA) is 17.1 Å². The first kappa shape index (κ1) is 11.0. The average Bonchev–Trinajstić information content (AvgIpc) is 2.43. The summed E-state index contributed by atoms with van der Waals surface area (Å²) in [6, 6.07) is 15.9. The molecule has 0 saturated carbocycles. The van der Waals surface area contributed by atoms with Crippen LogP contribution in [-0.4, -0.2) is 5.78 Å². The lowest BCUT2D eigenvalue weighted by Gasteiger charge is -2.17. The molecule has 1 aliphatic rings.